The minimum Gasteiger partial charge on any atom is -0.463 e. The Hall–Kier alpha value is -10.0. The average Bonchev–Trinajstić information content (AvgIpc) is 1.62. The maximum absolute atomic E-state index is 12.7. The van der Waals surface area contributed by atoms with Gasteiger partial charge in [0.25, 0.3) is 17.7 Å². The number of imidazole rings is 3. The van der Waals surface area contributed by atoms with E-state index in [4.69, 9.17) is 40.9 Å². The molecule has 8 fully saturated rings. The topological polar surface area (TPSA) is 521 Å². The van der Waals surface area contributed by atoms with Gasteiger partial charge in [-0.15, -0.1) is 0 Å². The van der Waals surface area contributed by atoms with E-state index in [-0.39, 0.29) is 81.9 Å². The van der Waals surface area contributed by atoms with Gasteiger partial charge in [0, 0.05) is 71.0 Å². The number of nitrogens with two attached hydrogens (primary N) is 3. The van der Waals surface area contributed by atoms with Crippen LogP contribution in [0.25, 0.3) is 33.5 Å². The molecular formula is C75H100N20O17. The van der Waals surface area contributed by atoms with Crippen molar-refractivity contribution in [3.63, 3.8) is 0 Å². The van der Waals surface area contributed by atoms with Crippen molar-refractivity contribution in [2.75, 3.05) is 70.1 Å². The van der Waals surface area contributed by atoms with Crippen molar-refractivity contribution in [1.82, 2.24) is 84.3 Å². The number of hydrogen-bond donors (Lipinski definition) is 12. The number of aliphatic hydroxyl groups excluding tert-OH is 6. The zero-order chi connectivity index (χ0) is 79.6. The van der Waals surface area contributed by atoms with E-state index in [0.717, 1.165) is 103 Å². The molecule has 11 heterocycles. The number of anilines is 3. The maximum atomic E-state index is 12.7. The third kappa shape index (κ3) is 18.8. The van der Waals surface area contributed by atoms with Crippen LogP contribution in [0.15, 0.2) is 19.0 Å². The molecule has 3 aliphatic carbocycles. The Kier molecular flexibility index (Phi) is 26.7. The first-order chi connectivity index (χ1) is 53.9. The molecule has 602 valence electrons. The number of nitrogen functional groups attached to an aromatic ring is 3. The monoisotopic (exact) mass is 1550 g/mol. The number of aromatic nitrogens is 12. The fraction of sp³-hybridized carbons (Fsp3) is 0.640. The fourth-order valence-electron chi connectivity index (χ4n) is 15.1. The molecule has 6 unspecified atom stereocenters. The Bertz CT molecular complexity index is 4560. The summed E-state index contributed by atoms with van der Waals surface area (Å²) >= 11 is 0. The molecule has 112 heavy (non-hydrogen) atoms. The van der Waals surface area contributed by atoms with Crippen molar-refractivity contribution in [2.24, 2.45) is 35.5 Å². The van der Waals surface area contributed by atoms with E-state index in [1.54, 1.807) is 18.7 Å². The number of carbonyl (C=O) groups is 6. The molecule has 8 aliphatic rings. The van der Waals surface area contributed by atoms with Crippen molar-refractivity contribution in [3.8, 4) is 35.5 Å². The second-order valence-corrected chi connectivity index (χ2v) is 29.9. The number of nitrogens with zero attached hydrogens (tertiary/aromatic N) is 14. The van der Waals surface area contributed by atoms with Crippen LogP contribution in [0.2, 0.25) is 0 Å². The summed E-state index contributed by atoms with van der Waals surface area (Å²) in [6.07, 6.45) is 3.45. The normalized spacial score (nSPS) is 27.7. The van der Waals surface area contributed by atoms with Crippen LogP contribution in [0.4, 0.5) is 22.2 Å². The molecule has 37 nitrogen and oxygen atoms in total. The number of hydrogen-bond acceptors (Lipinski definition) is 29. The molecule has 5 saturated heterocycles. The Labute approximate surface area is 645 Å². The smallest absolute Gasteiger partial charge is 0.409 e. The van der Waals surface area contributed by atoms with Crippen LogP contribution in [0.3, 0.4) is 0 Å². The Morgan fingerprint density at radius 2 is 0.839 bits per heavy atom. The van der Waals surface area contributed by atoms with Gasteiger partial charge in [0.15, 0.2) is 71.4 Å². The van der Waals surface area contributed by atoms with Crippen LogP contribution in [-0.4, -0.2) is 249 Å². The molecule has 0 aromatic carbocycles. The first-order valence-corrected chi connectivity index (χ1v) is 38.6. The fourth-order valence-corrected chi connectivity index (χ4v) is 15.1. The number of likely N-dealkylation sites (N-methyl/N-ethyl adjacent to an activating group) is 2. The van der Waals surface area contributed by atoms with E-state index >= 15 is 0 Å². The lowest BCUT2D eigenvalue weighted by atomic mass is 9.80. The zero-order valence-electron chi connectivity index (χ0n) is 63.3. The van der Waals surface area contributed by atoms with Gasteiger partial charge in [-0.2, -0.15) is 0 Å². The summed E-state index contributed by atoms with van der Waals surface area (Å²) in [6.45, 7) is 11.5. The molecule has 5 aliphatic heterocycles. The van der Waals surface area contributed by atoms with Crippen molar-refractivity contribution < 1.29 is 83.1 Å². The van der Waals surface area contributed by atoms with Gasteiger partial charge < -0.3 is 97.3 Å². The number of methoxy groups -OCH3 is 1. The number of likely N-dealkylation sites (tertiary alicyclic amines) is 2. The summed E-state index contributed by atoms with van der Waals surface area (Å²) in [4.78, 5) is 116. The minimum absolute atomic E-state index is 0.0447. The summed E-state index contributed by atoms with van der Waals surface area (Å²) in [5.41, 5.74) is 20.0. The van der Waals surface area contributed by atoms with Crippen LogP contribution >= 0.6 is 0 Å². The quantitative estimate of drug-likeness (QED) is 0.0470. The predicted octanol–water partition coefficient (Wildman–Crippen LogP) is 0.772. The van der Waals surface area contributed by atoms with Crippen molar-refractivity contribution >= 4 is 86.6 Å². The summed E-state index contributed by atoms with van der Waals surface area (Å²) in [5, 5.41) is 70.9. The molecule has 3 saturated carbocycles. The SMILES string of the molecule is CCNC(=O)[C@H]1O[C@@H](n2cnc3c(N)nc(C#CCC4CCC(C(=O)N5CCCC5)CC4)nc32)C(O)[C@H]1O.CCNC(=O)[C@H]1O[C@@H](n2cnc3c(N)nc(C#CCC4CCC(C(=O)OC(C)C)CC4)nc32)C(O)[C@H]1O.COC(=O)N1CCC(CC#Cc2nc(N)c3ncn(C4OC(C(=O)NCC5CC5)C(O)C4O)c3n2)CC1. The lowest BCUT2D eigenvalue weighted by Gasteiger charge is -2.29. The molecule has 37 heteroatoms. The third-order valence-corrected chi connectivity index (χ3v) is 21.6. The van der Waals surface area contributed by atoms with E-state index in [2.05, 4.69) is 96.3 Å². The predicted molar refractivity (Wildman–Crippen MR) is 399 cm³/mol. The highest BCUT2D eigenvalue weighted by atomic mass is 16.6. The number of esters is 1. The molecular weight excluding hydrogens is 1450 g/mol. The highest BCUT2D eigenvalue weighted by Gasteiger charge is 2.51. The number of nitrogens with one attached hydrogen (secondary N) is 3. The Morgan fingerprint density at radius 3 is 1.20 bits per heavy atom. The second-order valence-electron chi connectivity index (χ2n) is 29.9. The number of amides is 5. The maximum Gasteiger partial charge on any atom is 0.409 e. The summed E-state index contributed by atoms with van der Waals surface area (Å²) in [7, 11) is 1.38. The molecule has 6 aromatic rings. The van der Waals surface area contributed by atoms with Crippen LogP contribution in [0.1, 0.15) is 173 Å². The first kappa shape index (κ1) is 81.5. The van der Waals surface area contributed by atoms with Crippen LogP contribution in [-0.2, 0) is 47.7 Å². The van der Waals surface area contributed by atoms with E-state index in [0.29, 0.717) is 98.1 Å². The lowest BCUT2D eigenvalue weighted by Crippen LogP contribution is -2.43. The zero-order valence-corrected chi connectivity index (χ0v) is 63.3. The highest BCUT2D eigenvalue weighted by Crippen LogP contribution is 2.38. The minimum atomic E-state index is -1.42. The van der Waals surface area contributed by atoms with Crippen LogP contribution < -0.4 is 33.2 Å². The molecule has 14 rings (SSSR count). The van der Waals surface area contributed by atoms with Gasteiger partial charge in [-0.3, -0.25) is 37.7 Å². The number of rotatable bonds is 16. The van der Waals surface area contributed by atoms with Crippen molar-refractivity contribution in [2.45, 2.75) is 217 Å². The Balaban J connectivity index is 0.000000156. The molecule has 12 atom stereocenters. The standard InChI is InChI=1S/C26H35N7O5.C25H34N6O6.C24H31N7O6/c1-2-28-24(36)21-19(34)20(35)26(38-21)33-14-29-18-22(27)30-17(31-23(18)33)7-5-6-15-8-10-16(11-9-15)25(37)32-12-3-4-13-32;1-4-27-23(34)20-18(32)19(33)24(37-20)31-12-28-17-21(26)29-16(30-22(17)31)7-5-6-14-8-10-15(11-9-14)25(35)36-13(2)3;1-36-24(35)30-9-7-13(8-10-30)3-2-4-15-28-20(25)16-21(29-15)31(12-27-16)23-18(33)17(32)19(37-23)22(34)26-11-14-5-6-14/h14-16,19-21,26,34-35H,2-4,6,8-13H2,1H3,(H,28,36)(H2,27,30,31);12-15,18-20,24,32-33H,4,6,8-11H2,1-3H3,(H,27,34)(H2,26,29,30);12-14,17-19,23,32-33H,3,5-11H2,1H3,(H,26,34)(H2,25,28,29)/t15?,16?,19-,20?,21+,26-;14?,15?,18-,19?,20+,24-;/m11./s1. The third-order valence-electron chi connectivity index (χ3n) is 21.6. The van der Waals surface area contributed by atoms with Gasteiger partial charge in [-0.05, 0) is 159 Å². The summed E-state index contributed by atoms with van der Waals surface area (Å²) in [5.74, 6) is 19.6. The number of ether oxygens (including phenoxy) is 5. The average molecular weight is 1550 g/mol. The summed E-state index contributed by atoms with van der Waals surface area (Å²) < 4.78 is 31.5. The largest absolute Gasteiger partial charge is 0.463 e. The van der Waals surface area contributed by atoms with E-state index < -0.39 is 91.3 Å². The second kappa shape index (κ2) is 36.6. The van der Waals surface area contributed by atoms with Gasteiger partial charge in [-0.1, -0.05) is 17.8 Å². The summed E-state index contributed by atoms with van der Waals surface area (Å²) in [6, 6.07) is 0. The lowest BCUT2D eigenvalue weighted by molar-refractivity contribution is -0.153. The number of carbonyl (C=O) groups excluding carboxylic acids is 6. The molecule has 5 amide bonds. The molecule has 0 spiro atoms. The van der Waals surface area contributed by atoms with E-state index in [1.807, 2.05) is 18.7 Å². The van der Waals surface area contributed by atoms with E-state index in [9.17, 15) is 59.4 Å². The molecule has 0 radical (unpaired) electrons. The number of piperidine rings is 1. The van der Waals surface area contributed by atoms with Gasteiger partial charge >= 0.3 is 12.1 Å². The van der Waals surface area contributed by atoms with Gasteiger partial charge in [0.1, 0.15) is 53.2 Å². The van der Waals surface area contributed by atoms with E-state index in [1.165, 1.54) is 39.8 Å². The van der Waals surface area contributed by atoms with Crippen molar-refractivity contribution in [3.05, 3.63) is 36.5 Å². The molecule has 15 N–H and O–H groups in total. The molecule has 6 aromatic heterocycles. The van der Waals surface area contributed by atoms with Gasteiger partial charge in [0.2, 0.25) is 23.4 Å². The number of fused-ring (bicyclic) bond motifs is 3. The Morgan fingerprint density at radius 1 is 0.482 bits per heavy atom. The highest BCUT2D eigenvalue weighted by molar-refractivity contribution is 5.86. The van der Waals surface area contributed by atoms with Crippen molar-refractivity contribution in [1.29, 1.82) is 0 Å². The first-order valence-electron chi connectivity index (χ1n) is 38.6. The van der Waals surface area contributed by atoms with Gasteiger partial charge in [0.05, 0.1) is 38.1 Å². The van der Waals surface area contributed by atoms with Crippen LogP contribution in [0.5, 0.6) is 0 Å². The van der Waals surface area contributed by atoms with Gasteiger partial charge in [-0.25, -0.2) is 49.7 Å². The molecule has 0 bridgehead atoms. The van der Waals surface area contributed by atoms with Crippen LogP contribution in [0, 0.1) is 71.0 Å². The number of aliphatic hydroxyl groups is 6.